The Labute approximate surface area is 146 Å². The second-order valence-corrected chi connectivity index (χ2v) is 6.36. The Morgan fingerprint density at radius 3 is 2.58 bits per heavy atom. The predicted octanol–water partition coefficient (Wildman–Crippen LogP) is 2.96. The van der Waals surface area contributed by atoms with Crippen molar-refractivity contribution in [2.24, 2.45) is 5.73 Å². The maximum atomic E-state index is 14.1. The summed E-state index contributed by atoms with van der Waals surface area (Å²) in [6.45, 7) is 4.10. The van der Waals surface area contributed by atoms with Crippen LogP contribution >= 0.6 is 12.2 Å². The lowest BCUT2D eigenvalue weighted by Crippen LogP contribution is -2.33. The van der Waals surface area contributed by atoms with Crippen LogP contribution < -0.4 is 11.1 Å². The SMILES string of the molecule is CC(C)c1cc(F)cc(-c2ccncc2)c1CC(=O)NCC(N)=S. The fourth-order valence-electron chi connectivity index (χ4n) is 2.57. The molecule has 2 rings (SSSR count). The Kier molecular flexibility index (Phi) is 5.98. The number of carbonyl (C=O) groups excluding carboxylic acids is 1. The summed E-state index contributed by atoms with van der Waals surface area (Å²) in [7, 11) is 0. The van der Waals surface area contributed by atoms with E-state index in [1.54, 1.807) is 24.5 Å². The number of nitrogens with one attached hydrogen (secondary N) is 1. The topological polar surface area (TPSA) is 68.0 Å². The Balaban J connectivity index is 2.46. The molecule has 0 fully saturated rings. The lowest BCUT2D eigenvalue weighted by molar-refractivity contribution is -0.120. The van der Waals surface area contributed by atoms with Crippen LogP contribution in [0.2, 0.25) is 0 Å². The molecule has 1 aromatic heterocycles. The van der Waals surface area contributed by atoms with Crippen LogP contribution in [0.1, 0.15) is 30.9 Å². The van der Waals surface area contributed by atoms with Gasteiger partial charge in [0, 0.05) is 12.4 Å². The van der Waals surface area contributed by atoms with Crippen molar-refractivity contribution in [3.8, 4) is 11.1 Å². The average molecular weight is 345 g/mol. The van der Waals surface area contributed by atoms with Crippen molar-refractivity contribution in [3.05, 3.63) is 53.6 Å². The second-order valence-electron chi connectivity index (χ2n) is 5.83. The third kappa shape index (κ3) is 4.58. The van der Waals surface area contributed by atoms with E-state index < -0.39 is 0 Å². The zero-order valence-corrected chi connectivity index (χ0v) is 14.5. The molecular weight excluding hydrogens is 325 g/mol. The number of nitrogens with zero attached hydrogens (tertiary/aromatic N) is 1. The summed E-state index contributed by atoms with van der Waals surface area (Å²) >= 11 is 4.77. The monoisotopic (exact) mass is 345 g/mol. The van der Waals surface area contributed by atoms with Crippen LogP contribution in [0.4, 0.5) is 4.39 Å². The molecule has 0 radical (unpaired) electrons. The van der Waals surface area contributed by atoms with Crippen molar-refractivity contribution in [1.29, 1.82) is 0 Å². The first-order valence-electron chi connectivity index (χ1n) is 7.66. The molecule has 0 atom stereocenters. The van der Waals surface area contributed by atoms with E-state index in [-0.39, 0.29) is 35.6 Å². The molecule has 1 amide bonds. The minimum atomic E-state index is -0.321. The van der Waals surface area contributed by atoms with E-state index in [0.717, 1.165) is 16.7 Å². The minimum Gasteiger partial charge on any atom is -0.392 e. The number of pyridine rings is 1. The molecule has 0 spiro atoms. The van der Waals surface area contributed by atoms with Gasteiger partial charge in [-0.3, -0.25) is 9.78 Å². The molecule has 1 heterocycles. The summed E-state index contributed by atoms with van der Waals surface area (Å²) in [4.78, 5) is 16.4. The van der Waals surface area contributed by atoms with Crippen LogP contribution in [-0.2, 0) is 11.2 Å². The Morgan fingerprint density at radius 2 is 2.00 bits per heavy atom. The number of benzene rings is 1. The number of hydrogen-bond donors (Lipinski definition) is 2. The third-order valence-corrected chi connectivity index (χ3v) is 3.80. The molecule has 6 heteroatoms. The molecule has 2 aromatic rings. The summed E-state index contributed by atoms with van der Waals surface area (Å²) in [5, 5.41) is 2.68. The predicted molar refractivity (Wildman–Crippen MR) is 97.2 cm³/mol. The molecule has 1 aromatic carbocycles. The standard InChI is InChI=1S/C18H20FN3OS/c1-11(2)14-7-13(19)8-15(12-3-5-21-6-4-12)16(14)9-18(23)22-10-17(20)24/h3-8,11H,9-10H2,1-2H3,(H2,20,24)(H,22,23). The highest BCUT2D eigenvalue weighted by molar-refractivity contribution is 7.80. The molecule has 4 nitrogen and oxygen atoms in total. The number of halogens is 1. The second kappa shape index (κ2) is 7.97. The van der Waals surface area contributed by atoms with Crippen molar-refractivity contribution in [3.63, 3.8) is 0 Å². The third-order valence-electron chi connectivity index (χ3n) is 3.66. The fraction of sp³-hybridized carbons (Fsp3) is 0.278. The van der Waals surface area contributed by atoms with Crippen molar-refractivity contribution in [1.82, 2.24) is 10.3 Å². The molecular formula is C18H20FN3OS. The fourth-order valence-corrected chi connectivity index (χ4v) is 2.64. The highest BCUT2D eigenvalue weighted by Gasteiger charge is 2.18. The molecule has 3 N–H and O–H groups in total. The normalized spacial score (nSPS) is 10.7. The Bertz CT molecular complexity index is 747. The number of carbonyl (C=O) groups is 1. The molecule has 0 saturated heterocycles. The van der Waals surface area contributed by atoms with E-state index in [1.165, 1.54) is 12.1 Å². The van der Waals surface area contributed by atoms with Crippen molar-refractivity contribution in [2.75, 3.05) is 6.54 Å². The minimum absolute atomic E-state index is 0.0830. The zero-order chi connectivity index (χ0) is 17.7. The highest BCUT2D eigenvalue weighted by Crippen LogP contribution is 2.31. The van der Waals surface area contributed by atoms with Gasteiger partial charge in [-0.25, -0.2) is 4.39 Å². The smallest absolute Gasteiger partial charge is 0.224 e. The van der Waals surface area contributed by atoms with Gasteiger partial charge < -0.3 is 11.1 Å². The summed E-state index contributed by atoms with van der Waals surface area (Å²) in [6.07, 6.45) is 3.42. The van der Waals surface area contributed by atoms with Crippen molar-refractivity contribution >= 4 is 23.1 Å². The largest absolute Gasteiger partial charge is 0.392 e. The van der Waals surface area contributed by atoms with Gasteiger partial charge in [0.2, 0.25) is 5.91 Å². The van der Waals surface area contributed by atoms with Gasteiger partial charge in [-0.2, -0.15) is 0 Å². The van der Waals surface area contributed by atoms with E-state index in [4.69, 9.17) is 18.0 Å². The van der Waals surface area contributed by atoms with E-state index in [9.17, 15) is 9.18 Å². The molecule has 0 aliphatic heterocycles. The summed E-state index contributed by atoms with van der Waals surface area (Å²) in [6, 6.07) is 6.55. The number of hydrogen-bond acceptors (Lipinski definition) is 3. The lowest BCUT2D eigenvalue weighted by atomic mass is 9.88. The molecule has 126 valence electrons. The van der Waals surface area contributed by atoms with Gasteiger partial charge in [0.1, 0.15) is 5.82 Å². The maximum Gasteiger partial charge on any atom is 0.224 e. The van der Waals surface area contributed by atoms with E-state index in [1.807, 2.05) is 13.8 Å². The summed E-state index contributed by atoms with van der Waals surface area (Å²) < 4.78 is 14.1. The van der Waals surface area contributed by atoms with Gasteiger partial charge in [-0.15, -0.1) is 0 Å². The Morgan fingerprint density at radius 1 is 1.33 bits per heavy atom. The first-order valence-corrected chi connectivity index (χ1v) is 8.07. The van der Waals surface area contributed by atoms with Crippen LogP contribution in [0.15, 0.2) is 36.7 Å². The van der Waals surface area contributed by atoms with Crippen molar-refractivity contribution in [2.45, 2.75) is 26.2 Å². The quantitative estimate of drug-likeness (QED) is 0.790. The molecule has 0 aliphatic rings. The lowest BCUT2D eigenvalue weighted by Gasteiger charge is -2.18. The van der Waals surface area contributed by atoms with Crippen LogP contribution in [-0.4, -0.2) is 22.4 Å². The number of thiocarbonyl (C=S) groups is 1. The number of rotatable bonds is 6. The Hall–Kier alpha value is -2.34. The molecule has 0 unspecified atom stereocenters. The van der Waals surface area contributed by atoms with E-state index in [0.29, 0.717) is 5.56 Å². The maximum absolute atomic E-state index is 14.1. The van der Waals surface area contributed by atoms with Gasteiger partial charge in [0.25, 0.3) is 0 Å². The molecule has 24 heavy (non-hydrogen) atoms. The van der Waals surface area contributed by atoms with Crippen LogP contribution in [0.5, 0.6) is 0 Å². The summed E-state index contributed by atoms with van der Waals surface area (Å²) in [5.74, 6) is -0.441. The zero-order valence-electron chi connectivity index (χ0n) is 13.7. The van der Waals surface area contributed by atoms with Gasteiger partial charge in [-0.05, 0) is 52.4 Å². The molecule has 0 bridgehead atoms. The number of nitrogens with two attached hydrogens (primary N) is 1. The van der Waals surface area contributed by atoms with Crippen LogP contribution in [0, 0.1) is 5.82 Å². The van der Waals surface area contributed by atoms with Gasteiger partial charge in [0.05, 0.1) is 18.0 Å². The van der Waals surface area contributed by atoms with Gasteiger partial charge in [-0.1, -0.05) is 26.1 Å². The molecule has 0 saturated carbocycles. The molecule has 0 aliphatic carbocycles. The van der Waals surface area contributed by atoms with Crippen LogP contribution in [0.25, 0.3) is 11.1 Å². The van der Waals surface area contributed by atoms with Gasteiger partial charge in [0.15, 0.2) is 0 Å². The number of amides is 1. The number of aromatic nitrogens is 1. The van der Waals surface area contributed by atoms with Crippen molar-refractivity contribution < 1.29 is 9.18 Å². The average Bonchev–Trinajstić information content (AvgIpc) is 2.54. The van der Waals surface area contributed by atoms with Crippen LogP contribution in [0.3, 0.4) is 0 Å². The highest BCUT2D eigenvalue weighted by atomic mass is 32.1. The first kappa shape index (κ1) is 18.0. The van der Waals surface area contributed by atoms with Gasteiger partial charge >= 0.3 is 0 Å². The first-order chi connectivity index (χ1) is 11.4. The van der Waals surface area contributed by atoms with E-state index >= 15 is 0 Å². The summed E-state index contributed by atoms with van der Waals surface area (Å²) in [5.41, 5.74) is 8.55. The van der Waals surface area contributed by atoms with E-state index in [2.05, 4.69) is 10.3 Å².